The first-order valence-electron chi connectivity index (χ1n) is 13.6. The summed E-state index contributed by atoms with van der Waals surface area (Å²) >= 11 is 6.38. The Morgan fingerprint density at radius 2 is 1.60 bits per heavy atom. The number of nitrogens with zero attached hydrogens (tertiary/aromatic N) is 2. The second-order valence-electron chi connectivity index (χ2n) is 9.75. The summed E-state index contributed by atoms with van der Waals surface area (Å²) < 4.78 is 29.1. The first kappa shape index (κ1) is 31.2. The van der Waals surface area contributed by atoms with E-state index in [2.05, 4.69) is 5.32 Å². The quantitative estimate of drug-likeness (QED) is 0.287. The molecule has 1 unspecified atom stereocenters. The van der Waals surface area contributed by atoms with Crippen LogP contribution in [0.1, 0.15) is 43.4 Å². The van der Waals surface area contributed by atoms with Crippen LogP contribution >= 0.6 is 11.6 Å². The molecule has 3 aromatic carbocycles. The van der Waals surface area contributed by atoms with E-state index in [1.165, 1.54) is 17.0 Å². The van der Waals surface area contributed by atoms with Gasteiger partial charge in [0.2, 0.25) is 11.8 Å². The average Bonchev–Trinajstić information content (AvgIpc) is 2.95. The van der Waals surface area contributed by atoms with Gasteiger partial charge in [0.05, 0.1) is 10.6 Å². The molecule has 214 valence electrons. The predicted octanol–water partition coefficient (Wildman–Crippen LogP) is 5.53. The van der Waals surface area contributed by atoms with Gasteiger partial charge in [0.25, 0.3) is 10.0 Å². The molecular weight excluding hydrogens is 546 g/mol. The maximum Gasteiger partial charge on any atom is 0.264 e. The molecule has 0 heterocycles. The highest BCUT2D eigenvalue weighted by atomic mass is 35.5. The lowest BCUT2D eigenvalue weighted by atomic mass is 10.1. The summed E-state index contributed by atoms with van der Waals surface area (Å²) in [6, 6.07) is 20.4. The summed E-state index contributed by atoms with van der Waals surface area (Å²) in [4.78, 5) is 28.8. The lowest BCUT2D eigenvalue weighted by molar-refractivity contribution is -0.139. The molecule has 1 N–H and O–H groups in total. The van der Waals surface area contributed by atoms with Crippen LogP contribution in [0.2, 0.25) is 5.02 Å². The Balaban J connectivity index is 2.04. The van der Waals surface area contributed by atoms with Crippen LogP contribution in [0.25, 0.3) is 0 Å². The minimum atomic E-state index is -4.15. The summed E-state index contributed by atoms with van der Waals surface area (Å²) in [5.74, 6) is -0.720. The normalized spacial score (nSPS) is 12.0. The zero-order valence-electron chi connectivity index (χ0n) is 23.6. The Bertz CT molecular complexity index is 1400. The van der Waals surface area contributed by atoms with E-state index in [-0.39, 0.29) is 17.3 Å². The third kappa shape index (κ3) is 7.64. The predicted molar refractivity (Wildman–Crippen MR) is 161 cm³/mol. The average molecular weight is 584 g/mol. The van der Waals surface area contributed by atoms with Crippen molar-refractivity contribution in [1.29, 1.82) is 0 Å². The Morgan fingerprint density at radius 3 is 2.23 bits per heavy atom. The van der Waals surface area contributed by atoms with Crippen LogP contribution in [0.3, 0.4) is 0 Å². The highest BCUT2D eigenvalue weighted by Gasteiger charge is 2.34. The topological polar surface area (TPSA) is 86.8 Å². The van der Waals surface area contributed by atoms with Crippen LogP contribution in [0.5, 0.6) is 0 Å². The molecule has 7 nitrogen and oxygen atoms in total. The highest BCUT2D eigenvalue weighted by Crippen LogP contribution is 2.31. The minimum absolute atomic E-state index is 0.0637. The molecule has 0 aliphatic rings. The molecule has 9 heteroatoms. The first-order valence-corrected chi connectivity index (χ1v) is 15.4. The number of halogens is 1. The standard InChI is InChI=1S/C31H38ClN3O4S/c1-5-20-33-31(37)28(6-2)34(21-19-25-11-8-7-9-12-25)30(36)22-35(29-14-10-13-27(32)24(29)4)40(38,39)26-17-15-23(3)16-18-26/h7-18,28H,5-6,19-22H2,1-4H3,(H,33,37). The van der Waals surface area contributed by atoms with Gasteiger partial charge < -0.3 is 10.2 Å². The first-order chi connectivity index (χ1) is 19.1. The Kier molecular flexibility index (Phi) is 11.2. The van der Waals surface area contributed by atoms with Gasteiger partial charge in [-0.1, -0.05) is 79.5 Å². The number of rotatable bonds is 13. The van der Waals surface area contributed by atoms with E-state index in [4.69, 9.17) is 11.6 Å². The van der Waals surface area contributed by atoms with Crippen molar-refractivity contribution in [2.24, 2.45) is 0 Å². The smallest absolute Gasteiger partial charge is 0.264 e. The molecule has 0 aromatic heterocycles. The van der Waals surface area contributed by atoms with Gasteiger partial charge >= 0.3 is 0 Å². The van der Waals surface area contributed by atoms with Gasteiger partial charge in [0.1, 0.15) is 12.6 Å². The molecule has 0 saturated heterocycles. The summed E-state index contributed by atoms with van der Waals surface area (Å²) in [5, 5.41) is 3.29. The van der Waals surface area contributed by atoms with Gasteiger partial charge in [-0.15, -0.1) is 0 Å². The number of hydrogen-bond donors (Lipinski definition) is 1. The summed E-state index contributed by atoms with van der Waals surface area (Å²) in [6.07, 6.45) is 1.67. The summed E-state index contributed by atoms with van der Waals surface area (Å²) in [7, 11) is -4.15. The van der Waals surface area contributed by atoms with E-state index in [0.29, 0.717) is 35.7 Å². The van der Waals surface area contributed by atoms with Crippen molar-refractivity contribution >= 4 is 39.1 Å². The molecule has 40 heavy (non-hydrogen) atoms. The number of aryl methyl sites for hydroxylation is 1. The van der Waals surface area contributed by atoms with Crippen LogP contribution < -0.4 is 9.62 Å². The second kappa shape index (κ2) is 14.3. The highest BCUT2D eigenvalue weighted by molar-refractivity contribution is 7.92. The zero-order chi connectivity index (χ0) is 29.3. The molecule has 0 fully saturated rings. The van der Waals surface area contributed by atoms with Crippen LogP contribution in [0, 0.1) is 13.8 Å². The van der Waals surface area contributed by atoms with E-state index in [9.17, 15) is 18.0 Å². The molecule has 0 bridgehead atoms. The molecule has 0 radical (unpaired) electrons. The van der Waals surface area contributed by atoms with Gasteiger partial charge in [-0.25, -0.2) is 8.42 Å². The maximum atomic E-state index is 14.1. The Hall–Kier alpha value is -3.36. The molecule has 3 aromatic rings. The van der Waals surface area contributed by atoms with Gasteiger partial charge in [0.15, 0.2) is 0 Å². The molecule has 0 spiro atoms. The Labute approximate surface area is 243 Å². The fourth-order valence-corrected chi connectivity index (χ4v) is 6.12. The number of carbonyl (C=O) groups is 2. The van der Waals surface area contributed by atoms with Crippen molar-refractivity contribution in [3.05, 3.63) is 94.5 Å². The SMILES string of the molecule is CCCNC(=O)C(CC)N(CCc1ccccc1)C(=O)CN(c1cccc(Cl)c1C)S(=O)(=O)c1ccc(C)cc1. The number of sulfonamides is 1. The van der Waals surface area contributed by atoms with E-state index >= 15 is 0 Å². The van der Waals surface area contributed by atoms with Gasteiger partial charge in [0, 0.05) is 18.1 Å². The van der Waals surface area contributed by atoms with Crippen LogP contribution in [-0.2, 0) is 26.0 Å². The number of nitrogens with one attached hydrogen (secondary N) is 1. The van der Waals surface area contributed by atoms with E-state index in [1.54, 1.807) is 37.3 Å². The number of carbonyl (C=O) groups excluding carboxylic acids is 2. The fraction of sp³-hybridized carbons (Fsp3) is 0.355. The van der Waals surface area contributed by atoms with Crippen LogP contribution in [0.4, 0.5) is 5.69 Å². The minimum Gasteiger partial charge on any atom is -0.354 e. The van der Waals surface area contributed by atoms with Crippen LogP contribution in [-0.4, -0.2) is 50.8 Å². The summed E-state index contributed by atoms with van der Waals surface area (Å²) in [5.41, 5.74) is 2.78. The molecule has 3 rings (SSSR count). The van der Waals surface area contributed by atoms with Gasteiger partial charge in [-0.3, -0.25) is 13.9 Å². The molecule has 0 aliphatic heterocycles. The number of anilines is 1. The van der Waals surface area contributed by atoms with Crippen molar-refractivity contribution in [2.45, 2.75) is 57.9 Å². The molecule has 0 saturated carbocycles. The van der Waals surface area contributed by atoms with Crippen molar-refractivity contribution in [3.63, 3.8) is 0 Å². The summed E-state index contributed by atoms with van der Waals surface area (Å²) in [6.45, 7) is 7.67. The van der Waals surface area contributed by atoms with E-state index < -0.39 is 28.5 Å². The molecular formula is C31H38ClN3O4S. The lowest BCUT2D eigenvalue weighted by Crippen LogP contribution is -2.53. The van der Waals surface area contributed by atoms with E-state index in [0.717, 1.165) is 21.9 Å². The van der Waals surface area contributed by atoms with Crippen molar-refractivity contribution in [1.82, 2.24) is 10.2 Å². The molecule has 2 amide bonds. The third-order valence-corrected chi connectivity index (χ3v) is 9.00. The van der Waals surface area contributed by atoms with Crippen LogP contribution in [0.15, 0.2) is 77.7 Å². The number of benzene rings is 3. The lowest BCUT2D eigenvalue weighted by Gasteiger charge is -2.33. The largest absolute Gasteiger partial charge is 0.354 e. The van der Waals surface area contributed by atoms with Crippen molar-refractivity contribution < 1.29 is 18.0 Å². The fourth-order valence-electron chi connectivity index (χ4n) is 4.48. The zero-order valence-corrected chi connectivity index (χ0v) is 25.1. The van der Waals surface area contributed by atoms with Crippen molar-refractivity contribution in [3.8, 4) is 0 Å². The van der Waals surface area contributed by atoms with Gasteiger partial charge in [-0.2, -0.15) is 0 Å². The molecule has 0 aliphatic carbocycles. The monoisotopic (exact) mass is 583 g/mol. The van der Waals surface area contributed by atoms with E-state index in [1.807, 2.05) is 51.1 Å². The maximum absolute atomic E-state index is 14.1. The van der Waals surface area contributed by atoms with Crippen molar-refractivity contribution in [2.75, 3.05) is 23.9 Å². The number of amides is 2. The van der Waals surface area contributed by atoms with Gasteiger partial charge in [-0.05, 0) is 68.5 Å². The molecule has 1 atom stereocenters. The second-order valence-corrected chi connectivity index (χ2v) is 12.0. The Morgan fingerprint density at radius 1 is 0.925 bits per heavy atom. The number of hydrogen-bond acceptors (Lipinski definition) is 4. The third-order valence-electron chi connectivity index (χ3n) is 6.81.